The minimum absolute atomic E-state index is 0.164. The smallest absolute Gasteiger partial charge is 0.142 e. The molecule has 10 heteroatoms. The van der Waals surface area contributed by atoms with E-state index in [0.29, 0.717) is 6.54 Å². The molecule has 0 atom stereocenters. The molecule has 2 aromatic carbocycles. The third kappa shape index (κ3) is 5.07. The average molecular weight is 419 g/mol. The molecule has 1 heterocycles. The first-order valence-electron chi connectivity index (χ1n) is 10.2. The summed E-state index contributed by atoms with van der Waals surface area (Å²) in [6, 6.07) is 13.9. The van der Waals surface area contributed by atoms with E-state index in [-0.39, 0.29) is 18.6 Å². The van der Waals surface area contributed by atoms with Crippen LogP contribution in [0.4, 0.5) is 11.4 Å². The van der Waals surface area contributed by atoms with Gasteiger partial charge < -0.3 is 10.7 Å². The first kappa shape index (κ1) is 22.0. The van der Waals surface area contributed by atoms with Gasteiger partial charge in [0.05, 0.1) is 30.0 Å². The Morgan fingerprint density at radius 1 is 1.00 bits per heavy atom. The van der Waals surface area contributed by atoms with E-state index in [1.807, 2.05) is 30.3 Å². The van der Waals surface area contributed by atoms with Gasteiger partial charge in [-0.2, -0.15) is 0 Å². The van der Waals surface area contributed by atoms with E-state index in [0.717, 1.165) is 46.7 Å². The Balaban J connectivity index is 1.93. The predicted octanol–water partition coefficient (Wildman–Crippen LogP) is 5.62. The summed E-state index contributed by atoms with van der Waals surface area (Å²) < 4.78 is 0. The second-order valence-corrected chi connectivity index (χ2v) is 7.25. The minimum atomic E-state index is -0.362. The van der Waals surface area contributed by atoms with Crippen LogP contribution in [-0.4, -0.2) is 11.4 Å². The highest BCUT2D eigenvalue weighted by molar-refractivity contribution is 6.00. The third-order valence-corrected chi connectivity index (χ3v) is 5.54. The Kier molecular flexibility index (Phi) is 7.35. The number of hydrogen-bond donors (Lipinski definition) is 3. The quantitative estimate of drug-likeness (QED) is 0.210. The van der Waals surface area contributed by atoms with E-state index in [1.165, 1.54) is 0 Å². The van der Waals surface area contributed by atoms with Crippen molar-refractivity contribution in [1.29, 1.82) is 0 Å². The molecule has 31 heavy (non-hydrogen) atoms. The Morgan fingerprint density at radius 2 is 1.65 bits per heavy atom. The number of azide groups is 2. The van der Waals surface area contributed by atoms with Crippen LogP contribution in [0.1, 0.15) is 43.4 Å². The summed E-state index contributed by atoms with van der Waals surface area (Å²) >= 11 is 0. The van der Waals surface area contributed by atoms with Crippen molar-refractivity contribution in [2.24, 2.45) is 15.2 Å². The van der Waals surface area contributed by atoms with Gasteiger partial charge in [0.25, 0.3) is 0 Å². The molecule has 10 nitrogen and oxygen atoms in total. The topological polar surface area (TPSA) is 146 Å². The normalized spacial score (nSPS) is 13.7. The van der Waals surface area contributed by atoms with Crippen molar-refractivity contribution >= 4 is 17.2 Å². The minimum Gasteiger partial charge on any atom is -0.371 e. The van der Waals surface area contributed by atoms with Crippen molar-refractivity contribution < 1.29 is 0 Å². The molecule has 3 rings (SSSR count). The Hall–Kier alpha value is -3.71. The van der Waals surface area contributed by atoms with Gasteiger partial charge in [0.1, 0.15) is 5.84 Å². The monoisotopic (exact) mass is 418 g/mol. The molecule has 0 fully saturated rings. The van der Waals surface area contributed by atoms with Gasteiger partial charge in [0.2, 0.25) is 0 Å². The van der Waals surface area contributed by atoms with Gasteiger partial charge in [-0.25, -0.2) is 10.4 Å². The fraction of sp³-hybridized carbons (Fsp3) is 0.381. The van der Waals surface area contributed by atoms with Crippen molar-refractivity contribution in [2.75, 3.05) is 5.32 Å². The standard InChI is InChI=1S/C21H26N10/c1-3-21(4-2)20(29-24-12-15-8-6-5-7-9-15)27-18-10-16(13-25-30-22)17(14-26-31-23)11-19(18)28-21/h5-11,24,28H,3-4,12-14H2,1-2H3,(H,27,29). The molecule has 3 N–H and O–H groups in total. The number of aliphatic imine (C=N–C) groups is 1. The van der Waals surface area contributed by atoms with Crippen LogP contribution in [0, 0.1) is 0 Å². The molecule has 0 saturated heterocycles. The van der Waals surface area contributed by atoms with Gasteiger partial charge in [-0.1, -0.05) is 54.4 Å². The SMILES string of the molecule is CCC1(CC)Nc2cc(CN=[N+]=[N-])c(CN=[N+]=[N-])cc2N=C1NNCc1ccccc1. The molecule has 0 aromatic heterocycles. The fourth-order valence-corrected chi connectivity index (χ4v) is 3.66. The summed E-state index contributed by atoms with van der Waals surface area (Å²) in [7, 11) is 0. The number of benzene rings is 2. The van der Waals surface area contributed by atoms with Crippen LogP contribution in [0.15, 0.2) is 57.7 Å². The molecule has 0 unspecified atom stereocenters. The van der Waals surface area contributed by atoms with E-state index in [2.05, 4.69) is 62.2 Å². The molecule has 0 radical (unpaired) electrons. The highest BCUT2D eigenvalue weighted by atomic mass is 15.4. The second-order valence-electron chi connectivity index (χ2n) is 7.25. The Labute approximate surface area is 181 Å². The molecule has 0 bridgehead atoms. The number of hydrogen-bond acceptors (Lipinski definition) is 6. The number of nitrogens with zero attached hydrogens (tertiary/aromatic N) is 7. The summed E-state index contributed by atoms with van der Waals surface area (Å²) in [6.45, 7) is 5.24. The zero-order valence-electron chi connectivity index (χ0n) is 17.7. The number of anilines is 1. The maximum atomic E-state index is 8.72. The fourth-order valence-electron chi connectivity index (χ4n) is 3.66. The van der Waals surface area contributed by atoms with Gasteiger partial charge in [0, 0.05) is 16.4 Å². The molecular weight excluding hydrogens is 392 g/mol. The molecule has 160 valence electrons. The third-order valence-electron chi connectivity index (χ3n) is 5.54. The van der Waals surface area contributed by atoms with Gasteiger partial charge in [-0.15, -0.1) is 0 Å². The largest absolute Gasteiger partial charge is 0.371 e. The van der Waals surface area contributed by atoms with Gasteiger partial charge >= 0.3 is 0 Å². The maximum Gasteiger partial charge on any atom is 0.142 e. The lowest BCUT2D eigenvalue weighted by Crippen LogP contribution is -2.56. The van der Waals surface area contributed by atoms with Crippen molar-refractivity contribution in [1.82, 2.24) is 10.9 Å². The molecule has 0 amide bonds. The van der Waals surface area contributed by atoms with Crippen molar-refractivity contribution in [2.45, 2.75) is 51.9 Å². The van der Waals surface area contributed by atoms with E-state index >= 15 is 0 Å². The number of rotatable bonds is 9. The van der Waals surface area contributed by atoms with Crippen LogP contribution in [-0.2, 0) is 19.6 Å². The summed E-state index contributed by atoms with van der Waals surface area (Å²) in [5, 5.41) is 11.0. The molecule has 1 aliphatic heterocycles. The maximum absolute atomic E-state index is 8.72. The second kappa shape index (κ2) is 10.4. The van der Waals surface area contributed by atoms with Crippen molar-refractivity contribution in [3.05, 3.63) is 80.0 Å². The van der Waals surface area contributed by atoms with Crippen molar-refractivity contribution in [3.8, 4) is 0 Å². The molecule has 2 aromatic rings. The van der Waals surface area contributed by atoms with E-state index in [4.69, 9.17) is 16.1 Å². The molecule has 1 aliphatic rings. The first-order valence-corrected chi connectivity index (χ1v) is 10.2. The zero-order chi connectivity index (χ0) is 22.1. The van der Waals surface area contributed by atoms with Crippen LogP contribution in [0.25, 0.3) is 20.9 Å². The van der Waals surface area contributed by atoms with E-state index < -0.39 is 0 Å². The summed E-state index contributed by atoms with van der Waals surface area (Å²) in [6.07, 6.45) is 1.65. The van der Waals surface area contributed by atoms with E-state index in [9.17, 15) is 0 Å². The number of fused-ring (bicyclic) bond motifs is 1. The van der Waals surface area contributed by atoms with E-state index in [1.54, 1.807) is 0 Å². The van der Waals surface area contributed by atoms with Crippen LogP contribution >= 0.6 is 0 Å². The first-order chi connectivity index (χ1) is 15.2. The van der Waals surface area contributed by atoms with Crippen LogP contribution in [0.2, 0.25) is 0 Å². The van der Waals surface area contributed by atoms with Crippen LogP contribution in [0.3, 0.4) is 0 Å². The lowest BCUT2D eigenvalue weighted by atomic mass is 9.88. The number of hydrazine groups is 1. The molecule has 0 aliphatic carbocycles. The number of amidine groups is 1. The lowest BCUT2D eigenvalue weighted by molar-refractivity contribution is 0.523. The zero-order valence-corrected chi connectivity index (χ0v) is 17.7. The predicted molar refractivity (Wildman–Crippen MR) is 123 cm³/mol. The molecular formula is C21H26N10. The molecule has 0 saturated carbocycles. The van der Waals surface area contributed by atoms with Crippen LogP contribution < -0.4 is 16.2 Å². The van der Waals surface area contributed by atoms with Crippen LogP contribution in [0.5, 0.6) is 0 Å². The highest BCUT2D eigenvalue weighted by Gasteiger charge is 2.36. The Morgan fingerprint density at radius 3 is 2.26 bits per heavy atom. The Bertz CT molecular complexity index is 1030. The summed E-state index contributed by atoms with van der Waals surface area (Å²) in [5.41, 5.74) is 28.0. The van der Waals surface area contributed by atoms with Gasteiger partial charge in [0.15, 0.2) is 0 Å². The summed E-state index contributed by atoms with van der Waals surface area (Å²) in [4.78, 5) is 10.6. The van der Waals surface area contributed by atoms with Gasteiger partial charge in [-0.3, -0.25) is 0 Å². The summed E-state index contributed by atoms with van der Waals surface area (Å²) in [5.74, 6) is 0.804. The highest BCUT2D eigenvalue weighted by Crippen LogP contribution is 2.38. The molecule has 0 spiro atoms. The van der Waals surface area contributed by atoms with Gasteiger partial charge in [-0.05, 0) is 52.7 Å². The lowest BCUT2D eigenvalue weighted by Gasteiger charge is -2.39. The average Bonchev–Trinajstić information content (AvgIpc) is 2.81. The number of nitrogens with one attached hydrogen (secondary N) is 3. The van der Waals surface area contributed by atoms with Crippen molar-refractivity contribution in [3.63, 3.8) is 0 Å².